The van der Waals surface area contributed by atoms with Gasteiger partial charge in [0.1, 0.15) is 0 Å². The van der Waals surface area contributed by atoms with Crippen LogP contribution in [0.15, 0.2) is 11.5 Å². The molecule has 0 amide bonds. The Kier molecular flexibility index (Phi) is 3.12. The molecule has 1 nitrogen and oxygen atoms in total. The van der Waals surface area contributed by atoms with Crippen molar-refractivity contribution in [2.45, 2.75) is 20.8 Å². The fraction of sp³-hybridized carbons (Fsp3) is 0.714. The van der Waals surface area contributed by atoms with Gasteiger partial charge in [0.25, 0.3) is 0 Å². The topological polar surface area (TPSA) is 17.1 Å². The van der Waals surface area contributed by atoms with E-state index in [0.717, 1.165) is 0 Å². The lowest BCUT2D eigenvalue weighted by atomic mass is 9.98. The normalized spacial score (nSPS) is 16.4. The van der Waals surface area contributed by atoms with Crippen LogP contribution in [-0.4, -0.2) is 10.5 Å². The summed E-state index contributed by atoms with van der Waals surface area (Å²) in [5.41, 5.74) is 0.158. The molecule has 1 unspecified atom stereocenters. The van der Waals surface area contributed by atoms with Crippen LogP contribution in [0.1, 0.15) is 20.8 Å². The summed E-state index contributed by atoms with van der Waals surface area (Å²) in [6.07, 6.45) is 3.63. The van der Waals surface area contributed by atoms with Crippen molar-refractivity contribution < 1.29 is 4.21 Å². The molecule has 0 aliphatic rings. The average Bonchev–Trinajstić information content (AvgIpc) is 1.59. The summed E-state index contributed by atoms with van der Waals surface area (Å²) >= 11 is 0. The molecule has 0 aromatic carbocycles. The van der Waals surface area contributed by atoms with Gasteiger partial charge >= 0.3 is 0 Å². The lowest BCUT2D eigenvalue weighted by Gasteiger charge is -2.09. The van der Waals surface area contributed by atoms with Crippen LogP contribution in [0.3, 0.4) is 0 Å². The van der Waals surface area contributed by atoms with Crippen LogP contribution >= 0.6 is 0 Å². The molecular weight excluding hydrogens is 132 g/mol. The number of hydrogen-bond donors (Lipinski definition) is 0. The monoisotopic (exact) mass is 146 g/mol. The predicted octanol–water partition coefficient (Wildman–Crippen LogP) is 1.92. The molecule has 0 aromatic rings. The first-order valence-electron chi connectivity index (χ1n) is 2.93. The quantitative estimate of drug-likeness (QED) is 0.552. The zero-order valence-corrected chi connectivity index (χ0v) is 7.29. The Balaban J connectivity index is 3.86. The van der Waals surface area contributed by atoms with Gasteiger partial charge in [0.15, 0.2) is 0 Å². The van der Waals surface area contributed by atoms with Crippen LogP contribution in [0.25, 0.3) is 0 Å². The molecule has 0 aromatic heterocycles. The number of allylic oxidation sites excluding steroid dienone is 1. The molecule has 0 aliphatic heterocycles. The van der Waals surface area contributed by atoms with Gasteiger partial charge in [-0.1, -0.05) is 26.8 Å². The Hall–Kier alpha value is -0.110. The fourth-order valence-corrected chi connectivity index (χ4v) is 0.900. The van der Waals surface area contributed by atoms with E-state index in [2.05, 4.69) is 20.8 Å². The number of hydrogen-bond acceptors (Lipinski definition) is 1. The van der Waals surface area contributed by atoms with Gasteiger partial charge in [-0.3, -0.25) is 4.21 Å². The summed E-state index contributed by atoms with van der Waals surface area (Å²) < 4.78 is 10.5. The molecule has 9 heavy (non-hydrogen) atoms. The van der Waals surface area contributed by atoms with Crippen molar-refractivity contribution in [3.63, 3.8) is 0 Å². The van der Waals surface area contributed by atoms with Gasteiger partial charge in [-0.15, -0.1) is 0 Å². The van der Waals surface area contributed by atoms with E-state index in [4.69, 9.17) is 0 Å². The van der Waals surface area contributed by atoms with E-state index < -0.39 is 10.8 Å². The van der Waals surface area contributed by atoms with Gasteiger partial charge in [-0.25, -0.2) is 0 Å². The first-order chi connectivity index (χ1) is 3.92. The zero-order chi connectivity index (χ0) is 7.49. The van der Waals surface area contributed by atoms with Crippen LogP contribution < -0.4 is 0 Å². The Morgan fingerprint density at radius 1 is 1.33 bits per heavy atom. The summed E-state index contributed by atoms with van der Waals surface area (Å²) in [6, 6.07) is 0. The molecule has 0 rings (SSSR count). The van der Waals surface area contributed by atoms with Crippen LogP contribution in [0.2, 0.25) is 0 Å². The second kappa shape index (κ2) is 3.16. The van der Waals surface area contributed by atoms with Crippen molar-refractivity contribution in [1.29, 1.82) is 0 Å². The van der Waals surface area contributed by atoms with E-state index in [9.17, 15) is 4.21 Å². The Morgan fingerprint density at radius 3 is 1.89 bits per heavy atom. The molecule has 2 heteroatoms. The minimum atomic E-state index is -0.793. The van der Waals surface area contributed by atoms with Crippen LogP contribution in [0, 0.1) is 5.41 Å². The lowest BCUT2D eigenvalue weighted by molar-refractivity contribution is 0.545. The molecular formula is C7H14OS. The van der Waals surface area contributed by atoms with Crippen molar-refractivity contribution in [2.24, 2.45) is 5.41 Å². The SMILES string of the molecule is CS(=O)/C=C/C(C)(C)C. The first kappa shape index (κ1) is 8.89. The molecule has 0 heterocycles. The molecule has 0 saturated carbocycles. The van der Waals surface area contributed by atoms with Gasteiger partial charge in [0.05, 0.1) is 0 Å². The van der Waals surface area contributed by atoms with Crippen LogP contribution in [0.4, 0.5) is 0 Å². The summed E-state index contributed by atoms with van der Waals surface area (Å²) in [5.74, 6) is 0. The van der Waals surface area contributed by atoms with Crippen molar-refractivity contribution >= 4 is 10.8 Å². The summed E-state index contributed by atoms with van der Waals surface area (Å²) in [4.78, 5) is 0. The number of rotatable bonds is 1. The maximum absolute atomic E-state index is 10.5. The third kappa shape index (κ3) is 7.89. The summed E-state index contributed by atoms with van der Waals surface area (Å²) in [7, 11) is -0.793. The highest BCUT2D eigenvalue weighted by Gasteiger charge is 2.02. The molecule has 0 radical (unpaired) electrons. The molecule has 0 aliphatic carbocycles. The highest BCUT2D eigenvalue weighted by Crippen LogP contribution is 2.14. The van der Waals surface area contributed by atoms with Crippen LogP contribution in [0.5, 0.6) is 0 Å². The molecule has 54 valence electrons. The van der Waals surface area contributed by atoms with Crippen LogP contribution in [-0.2, 0) is 10.8 Å². The Bertz CT molecular complexity index is 130. The van der Waals surface area contributed by atoms with Gasteiger partial charge in [0, 0.05) is 17.1 Å². The molecule has 0 saturated heterocycles. The van der Waals surface area contributed by atoms with Gasteiger partial charge < -0.3 is 0 Å². The third-order valence-corrected chi connectivity index (χ3v) is 1.28. The van der Waals surface area contributed by atoms with E-state index >= 15 is 0 Å². The van der Waals surface area contributed by atoms with Crippen molar-refractivity contribution in [2.75, 3.05) is 6.26 Å². The predicted molar refractivity (Wildman–Crippen MR) is 42.7 cm³/mol. The van der Waals surface area contributed by atoms with Crippen molar-refractivity contribution in [3.05, 3.63) is 11.5 Å². The maximum atomic E-state index is 10.5. The lowest BCUT2D eigenvalue weighted by Crippen LogP contribution is -1.98. The molecule has 0 spiro atoms. The minimum Gasteiger partial charge on any atom is -0.255 e. The van der Waals surface area contributed by atoms with Gasteiger partial charge in [-0.2, -0.15) is 0 Å². The van der Waals surface area contributed by atoms with E-state index in [0.29, 0.717) is 0 Å². The smallest absolute Gasteiger partial charge is 0.0421 e. The summed E-state index contributed by atoms with van der Waals surface area (Å²) in [5, 5.41) is 1.72. The highest BCUT2D eigenvalue weighted by molar-refractivity contribution is 7.87. The standard InChI is InChI=1S/C7H14OS/c1-7(2,3)5-6-9(4)8/h5-6H,1-4H3/b6-5+. The molecule has 1 atom stereocenters. The van der Waals surface area contributed by atoms with Gasteiger partial charge in [-0.05, 0) is 10.8 Å². The minimum absolute atomic E-state index is 0.158. The second-order valence-electron chi connectivity index (χ2n) is 3.17. The highest BCUT2D eigenvalue weighted by atomic mass is 32.2. The summed E-state index contributed by atoms with van der Waals surface area (Å²) in [6.45, 7) is 6.24. The first-order valence-corrected chi connectivity index (χ1v) is 4.55. The van der Waals surface area contributed by atoms with E-state index in [1.165, 1.54) is 0 Å². The van der Waals surface area contributed by atoms with Crippen molar-refractivity contribution in [1.82, 2.24) is 0 Å². The molecule has 0 fully saturated rings. The van der Waals surface area contributed by atoms with Gasteiger partial charge in [0.2, 0.25) is 0 Å². The third-order valence-electron chi connectivity index (χ3n) is 0.760. The Labute approximate surface area is 59.6 Å². The van der Waals surface area contributed by atoms with E-state index in [1.54, 1.807) is 11.7 Å². The zero-order valence-electron chi connectivity index (χ0n) is 6.47. The van der Waals surface area contributed by atoms with Crippen molar-refractivity contribution in [3.8, 4) is 0 Å². The van der Waals surface area contributed by atoms with E-state index in [1.807, 2.05) is 6.08 Å². The molecule has 0 N–H and O–H groups in total. The fourth-order valence-electron chi connectivity index (χ4n) is 0.300. The second-order valence-corrected chi connectivity index (χ2v) is 4.44. The van der Waals surface area contributed by atoms with E-state index in [-0.39, 0.29) is 5.41 Å². The average molecular weight is 146 g/mol. The maximum Gasteiger partial charge on any atom is 0.0421 e. The molecule has 0 bridgehead atoms. The largest absolute Gasteiger partial charge is 0.255 e. The Morgan fingerprint density at radius 2 is 1.78 bits per heavy atom.